The summed E-state index contributed by atoms with van der Waals surface area (Å²) >= 11 is 0. The SMILES string of the molecule is CCc1nn(C)c(N2CCc3ccccc3CC2)c1N. The van der Waals surface area contributed by atoms with Crippen LogP contribution >= 0.6 is 0 Å². The Morgan fingerprint density at radius 1 is 1.15 bits per heavy atom. The number of rotatable bonds is 2. The van der Waals surface area contributed by atoms with Crippen LogP contribution in [0.2, 0.25) is 0 Å². The Morgan fingerprint density at radius 2 is 1.75 bits per heavy atom. The first-order chi connectivity index (χ1) is 9.70. The van der Waals surface area contributed by atoms with Crippen molar-refractivity contribution >= 4 is 11.5 Å². The van der Waals surface area contributed by atoms with Crippen molar-refractivity contribution in [2.45, 2.75) is 26.2 Å². The summed E-state index contributed by atoms with van der Waals surface area (Å²) in [5.41, 5.74) is 11.1. The lowest BCUT2D eigenvalue weighted by atomic mass is 10.0. The van der Waals surface area contributed by atoms with Crippen LogP contribution in [0.5, 0.6) is 0 Å². The first kappa shape index (κ1) is 13.0. The van der Waals surface area contributed by atoms with Gasteiger partial charge in [-0.05, 0) is 30.4 Å². The third kappa shape index (κ3) is 2.15. The van der Waals surface area contributed by atoms with Gasteiger partial charge >= 0.3 is 0 Å². The van der Waals surface area contributed by atoms with E-state index in [0.717, 1.165) is 49.6 Å². The maximum absolute atomic E-state index is 6.28. The van der Waals surface area contributed by atoms with E-state index in [9.17, 15) is 0 Å². The molecule has 0 saturated carbocycles. The molecule has 0 unspecified atom stereocenters. The number of hydrogen-bond donors (Lipinski definition) is 1. The van der Waals surface area contributed by atoms with Crippen molar-refractivity contribution in [3.05, 3.63) is 41.1 Å². The predicted octanol–water partition coefficient (Wildman–Crippen LogP) is 2.17. The van der Waals surface area contributed by atoms with Crippen LogP contribution < -0.4 is 10.6 Å². The predicted molar refractivity (Wildman–Crippen MR) is 83.1 cm³/mol. The molecule has 1 aromatic heterocycles. The number of aryl methyl sites for hydroxylation is 2. The molecule has 4 nitrogen and oxygen atoms in total. The van der Waals surface area contributed by atoms with Crippen LogP contribution in [0, 0.1) is 0 Å². The van der Waals surface area contributed by atoms with Crippen LogP contribution in [-0.4, -0.2) is 22.9 Å². The number of nitrogens with two attached hydrogens (primary N) is 1. The van der Waals surface area contributed by atoms with Gasteiger partial charge in [0.25, 0.3) is 0 Å². The summed E-state index contributed by atoms with van der Waals surface area (Å²) < 4.78 is 1.93. The summed E-state index contributed by atoms with van der Waals surface area (Å²) in [5, 5.41) is 4.53. The van der Waals surface area contributed by atoms with Gasteiger partial charge in [-0.1, -0.05) is 31.2 Å². The summed E-state index contributed by atoms with van der Waals surface area (Å²) in [6, 6.07) is 8.73. The van der Waals surface area contributed by atoms with Crippen molar-refractivity contribution < 1.29 is 0 Å². The minimum Gasteiger partial charge on any atom is -0.394 e. The van der Waals surface area contributed by atoms with Crippen molar-refractivity contribution in [2.75, 3.05) is 23.7 Å². The lowest BCUT2D eigenvalue weighted by Gasteiger charge is -2.23. The Labute approximate surface area is 120 Å². The maximum Gasteiger partial charge on any atom is 0.150 e. The fraction of sp³-hybridized carbons (Fsp3) is 0.438. The highest BCUT2D eigenvalue weighted by Crippen LogP contribution is 2.28. The highest BCUT2D eigenvalue weighted by molar-refractivity contribution is 5.66. The van der Waals surface area contributed by atoms with E-state index in [-0.39, 0.29) is 0 Å². The van der Waals surface area contributed by atoms with Gasteiger partial charge in [-0.15, -0.1) is 0 Å². The molecule has 0 aliphatic carbocycles. The number of hydrogen-bond acceptors (Lipinski definition) is 3. The van der Waals surface area contributed by atoms with Gasteiger partial charge in [0.1, 0.15) is 5.82 Å². The van der Waals surface area contributed by atoms with E-state index in [1.165, 1.54) is 11.1 Å². The number of aromatic nitrogens is 2. The van der Waals surface area contributed by atoms with Gasteiger partial charge in [0.2, 0.25) is 0 Å². The topological polar surface area (TPSA) is 47.1 Å². The molecule has 4 heteroatoms. The quantitative estimate of drug-likeness (QED) is 0.909. The van der Waals surface area contributed by atoms with Gasteiger partial charge in [0.05, 0.1) is 11.4 Å². The van der Waals surface area contributed by atoms with Gasteiger partial charge in [-0.25, -0.2) is 0 Å². The second kappa shape index (κ2) is 5.19. The second-order valence-electron chi connectivity index (χ2n) is 5.42. The molecule has 106 valence electrons. The smallest absolute Gasteiger partial charge is 0.150 e. The molecule has 0 atom stereocenters. The number of benzene rings is 1. The van der Waals surface area contributed by atoms with Crippen LogP contribution in [0.25, 0.3) is 0 Å². The summed E-state index contributed by atoms with van der Waals surface area (Å²) in [4.78, 5) is 2.38. The summed E-state index contributed by atoms with van der Waals surface area (Å²) in [6.45, 7) is 4.11. The molecule has 0 radical (unpaired) electrons. The molecule has 0 fully saturated rings. The van der Waals surface area contributed by atoms with Crippen LogP contribution in [0.15, 0.2) is 24.3 Å². The van der Waals surface area contributed by atoms with Crippen LogP contribution in [0.4, 0.5) is 11.5 Å². The van der Waals surface area contributed by atoms with Crippen LogP contribution in [0.1, 0.15) is 23.7 Å². The van der Waals surface area contributed by atoms with Crippen molar-refractivity contribution in [1.82, 2.24) is 9.78 Å². The van der Waals surface area contributed by atoms with Gasteiger partial charge in [0, 0.05) is 20.1 Å². The number of nitrogens with zero attached hydrogens (tertiary/aromatic N) is 3. The molecule has 0 spiro atoms. The van der Waals surface area contributed by atoms with E-state index < -0.39 is 0 Å². The summed E-state index contributed by atoms with van der Waals surface area (Å²) in [7, 11) is 1.99. The van der Waals surface area contributed by atoms with Gasteiger partial charge in [-0.3, -0.25) is 4.68 Å². The highest BCUT2D eigenvalue weighted by Gasteiger charge is 2.21. The zero-order valence-electron chi connectivity index (χ0n) is 12.3. The molecule has 20 heavy (non-hydrogen) atoms. The number of anilines is 2. The lowest BCUT2D eigenvalue weighted by molar-refractivity contribution is 0.697. The van der Waals surface area contributed by atoms with Crippen molar-refractivity contribution in [1.29, 1.82) is 0 Å². The average molecular weight is 270 g/mol. The minimum absolute atomic E-state index is 0.848. The molecule has 2 aromatic rings. The molecule has 0 saturated heterocycles. The molecule has 2 heterocycles. The van der Waals surface area contributed by atoms with E-state index in [4.69, 9.17) is 5.73 Å². The third-order valence-electron chi connectivity index (χ3n) is 4.18. The molecule has 3 rings (SSSR count). The van der Waals surface area contributed by atoms with E-state index in [2.05, 4.69) is 41.2 Å². The monoisotopic (exact) mass is 270 g/mol. The number of fused-ring (bicyclic) bond motifs is 1. The largest absolute Gasteiger partial charge is 0.394 e. The third-order valence-corrected chi connectivity index (χ3v) is 4.18. The lowest BCUT2D eigenvalue weighted by Crippen LogP contribution is -2.28. The van der Waals surface area contributed by atoms with Gasteiger partial charge in [-0.2, -0.15) is 5.10 Å². The zero-order chi connectivity index (χ0) is 14.1. The fourth-order valence-corrected chi connectivity index (χ4v) is 3.10. The molecule has 2 N–H and O–H groups in total. The molecular formula is C16H22N4. The minimum atomic E-state index is 0.848. The van der Waals surface area contributed by atoms with E-state index >= 15 is 0 Å². The van der Waals surface area contributed by atoms with E-state index in [1.807, 2.05) is 11.7 Å². The second-order valence-corrected chi connectivity index (χ2v) is 5.42. The summed E-state index contributed by atoms with van der Waals surface area (Å²) in [5.74, 6) is 1.08. The fourth-order valence-electron chi connectivity index (χ4n) is 3.10. The number of nitrogen functional groups attached to an aromatic ring is 1. The Morgan fingerprint density at radius 3 is 2.25 bits per heavy atom. The molecule has 1 aromatic carbocycles. The van der Waals surface area contributed by atoms with Gasteiger partial charge in [0.15, 0.2) is 0 Å². The molecule has 0 amide bonds. The Kier molecular flexibility index (Phi) is 3.38. The normalized spacial score (nSPS) is 15.0. The molecule has 1 aliphatic heterocycles. The first-order valence-electron chi connectivity index (χ1n) is 7.33. The molecule has 0 bridgehead atoms. The molecule has 1 aliphatic rings. The van der Waals surface area contributed by atoms with E-state index in [1.54, 1.807) is 0 Å². The highest BCUT2D eigenvalue weighted by atomic mass is 15.4. The Balaban J connectivity index is 1.89. The molecular weight excluding hydrogens is 248 g/mol. The van der Waals surface area contributed by atoms with Crippen molar-refractivity contribution in [3.8, 4) is 0 Å². The zero-order valence-corrected chi connectivity index (χ0v) is 12.3. The van der Waals surface area contributed by atoms with Crippen molar-refractivity contribution in [2.24, 2.45) is 7.05 Å². The van der Waals surface area contributed by atoms with Gasteiger partial charge < -0.3 is 10.6 Å². The van der Waals surface area contributed by atoms with Crippen molar-refractivity contribution in [3.63, 3.8) is 0 Å². The maximum atomic E-state index is 6.28. The van der Waals surface area contributed by atoms with Crippen LogP contribution in [0.3, 0.4) is 0 Å². The van der Waals surface area contributed by atoms with Crippen LogP contribution in [-0.2, 0) is 26.3 Å². The standard InChI is InChI=1S/C16H22N4/c1-3-14-15(17)16(19(2)18-14)20-10-8-12-6-4-5-7-13(12)9-11-20/h4-7H,3,8-11,17H2,1-2H3. The first-order valence-corrected chi connectivity index (χ1v) is 7.33. The Hall–Kier alpha value is -1.97. The Bertz CT molecular complexity index is 588. The van der Waals surface area contributed by atoms with E-state index in [0.29, 0.717) is 0 Å². The average Bonchev–Trinajstić information content (AvgIpc) is 2.64. The summed E-state index contributed by atoms with van der Waals surface area (Å²) in [6.07, 6.45) is 3.03.